The van der Waals surface area contributed by atoms with Crippen LogP contribution in [0.5, 0.6) is 5.75 Å². The first-order chi connectivity index (χ1) is 14.2. The number of thioether (sulfide) groups is 1. The van der Waals surface area contributed by atoms with Gasteiger partial charge >= 0.3 is 0 Å². The van der Waals surface area contributed by atoms with Crippen LogP contribution >= 0.6 is 11.8 Å². The number of nitrogens with two attached hydrogens (primary N) is 1. The molecule has 3 rings (SSSR count). The standard InChI is InChI=1S/C24H26N2O2S/c1-2-3-16-28-21-14-12-20(13-15-21)26-24(27)23(18-8-5-4-6-9-18)29-22-11-7-10-19(25)17-22/h4-15,17,23H,2-3,16,25H2,1H3,(H,26,27). The van der Waals surface area contributed by atoms with Crippen molar-refractivity contribution in [3.05, 3.63) is 84.4 Å². The van der Waals surface area contributed by atoms with E-state index in [1.165, 1.54) is 11.8 Å². The second-order valence-corrected chi connectivity index (χ2v) is 7.88. The quantitative estimate of drug-likeness (QED) is 0.263. The average molecular weight is 407 g/mol. The molecular formula is C24H26N2O2S. The van der Waals surface area contributed by atoms with Gasteiger partial charge in [-0.1, -0.05) is 49.7 Å². The van der Waals surface area contributed by atoms with Crippen LogP contribution in [0, 0.1) is 0 Å². The number of hydrogen-bond acceptors (Lipinski definition) is 4. The predicted molar refractivity (Wildman–Crippen MR) is 121 cm³/mol. The number of unbranched alkanes of at least 4 members (excludes halogenated alkanes) is 1. The van der Waals surface area contributed by atoms with Crippen molar-refractivity contribution in [3.63, 3.8) is 0 Å². The largest absolute Gasteiger partial charge is 0.494 e. The molecule has 0 heterocycles. The molecule has 0 radical (unpaired) electrons. The minimum atomic E-state index is -0.390. The summed E-state index contributed by atoms with van der Waals surface area (Å²) in [6, 6.07) is 24.9. The van der Waals surface area contributed by atoms with Crippen LogP contribution in [0.1, 0.15) is 30.6 Å². The molecule has 3 N–H and O–H groups in total. The molecule has 29 heavy (non-hydrogen) atoms. The Morgan fingerprint density at radius 2 is 1.79 bits per heavy atom. The van der Waals surface area contributed by atoms with Gasteiger partial charge in [0, 0.05) is 16.3 Å². The van der Waals surface area contributed by atoms with Gasteiger partial charge in [0.15, 0.2) is 0 Å². The summed E-state index contributed by atoms with van der Waals surface area (Å²) in [5, 5.41) is 2.63. The first-order valence-corrected chi connectivity index (χ1v) is 10.6. The Morgan fingerprint density at radius 3 is 2.48 bits per heavy atom. The third-order valence-corrected chi connectivity index (χ3v) is 5.59. The summed E-state index contributed by atoms with van der Waals surface area (Å²) in [5.41, 5.74) is 8.27. The second-order valence-electron chi connectivity index (χ2n) is 6.70. The number of amides is 1. The molecule has 150 valence electrons. The van der Waals surface area contributed by atoms with Crippen LogP contribution < -0.4 is 15.8 Å². The summed E-state index contributed by atoms with van der Waals surface area (Å²) < 4.78 is 5.68. The lowest BCUT2D eigenvalue weighted by atomic mass is 10.1. The zero-order valence-corrected chi connectivity index (χ0v) is 17.3. The Morgan fingerprint density at radius 1 is 1.03 bits per heavy atom. The molecule has 0 fully saturated rings. The van der Waals surface area contributed by atoms with Crippen LogP contribution in [0.25, 0.3) is 0 Å². The first-order valence-electron chi connectivity index (χ1n) is 9.76. The zero-order valence-electron chi connectivity index (χ0n) is 16.5. The molecule has 0 spiro atoms. The maximum absolute atomic E-state index is 13.1. The lowest BCUT2D eigenvalue weighted by molar-refractivity contribution is -0.115. The topological polar surface area (TPSA) is 64.3 Å². The molecule has 1 atom stereocenters. The number of nitrogens with one attached hydrogen (secondary N) is 1. The highest BCUT2D eigenvalue weighted by Gasteiger charge is 2.22. The van der Waals surface area contributed by atoms with Crippen molar-refractivity contribution >= 4 is 29.0 Å². The molecule has 0 aliphatic heterocycles. The molecule has 0 saturated carbocycles. The average Bonchev–Trinajstić information content (AvgIpc) is 2.74. The highest BCUT2D eigenvalue weighted by Crippen LogP contribution is 2.37. The Labute approximate surface area is 176 Å². The van der Waals surface area contributed by atoms with Crippen molar-refractivity contribution in [2.24, 2.45) is 0 Å². The maximum Gasteiger partial charge on any atom is 0.242 e. The maximum atomic E-state index is 13.1. The fraction of sp³-hybridized carbons (Fsp3) is 0.208. The SMILES string of the molecule is CCCCOc1ccc(NC(=O)C(Sc2cccc(N)c2)c2ccccc2)cc1. The molecule has 3 aromatic carbocycles. The van der Waals surface area contributed by atoms with Crippen molar-refractivity contribution in [1.82, 2.24) is 0 Å². The normalized spacial score (nSPS) is 11.6. The van der Waals surface area contributed by atoms with E-state index in [-0.39, 0.29) is 5.91 Å². The van der Waals surface area contributed by atoms with Crippen molar-refractivity contribution in [3.8, 4) is 5.75 Å². The van der Waals surface area contributed by atoms with Crippen LogP contribution in [0.15, 0.2) is 83.8 Å². The van der Waals surface area contributed by atoms with E-state index >= 15 is 0 Å². The Kier molecular flexibility index (Phi) is 7.59. The molecule has 4 nitrogen and oxygen atoms in total. The number of carbonyl (C=O) groups is 1. The zero-order chi connectivity index (χ0) is 20.5. The van der Waals surface area contributed by atoms with Gasteiger partial charge < -0.3 is 15.8 Å². The van der Waals surface area contributed by atoms with Crippen LogP contribution in [0.3, 0.4) is 0 Å². The van der Waals surface area contributed by atoms with E-state index in [1.54, 1.807) is 0 Å². The Balaban J connectivity index is 1.73. The minimum Gasteiger partial charge on any atom is -0.494 e. The molecule has 0 aromatic heterocycles. The predicted octanol–water partition coefficient (Wildman–Crippen LogP) is 5.92. The highest BCUT2D eigenvalue weighted by molar-refractivity contribution is 8.00. The summed E-state index contributed by atoms with van der Waals surface area (Å²) in [7, 11) is 0. The van der Waals surface area contributed by atoms with Gasteiger partial charge in [-0.05, 0) is 54.4 Å². The summed E-state index contributed by atoms with van der Waals surface area (Å²) >= 11 is 1.48. The molecule has 1 unspecified atom stereocenters. The summed E-state index contributed by atoms with van der Waals surface area (Å²) in [6.07, 6.45) is 2.12. The monoisotopic (exact) mass is 406 g/mol. The van der Waals surface area contributed by atoms with Crippen molar-refractivity contribution in [2.45, 2.75) is 29.9 Å². The van der Waals surface area contributed by atoms with Crippen LogP contribution in [-0.2, 0) is 4.79 Å². The third-order valence-electron chi connectivity index (χ3n) is 4.34. The molecule has 0 saturated heterocycles. The van der Waals surface area contributed by atoms with E-state index in [9.17, 15) is 4.79 Å². The lowest BCUT2D eigenvalue weighted by Gasteiger charge is -2.17. The van der Waals surface area contributed by atoms with Gasteiger partial charge in [-0.2, -0.15) is 0 Å². The number of anilines is 2. The van der Waals surface area contributed by atoms with E-state index < -0.39 is 5.25 Å². The van der Waals surface area contributed by atoms with Gasteiger partial charge in [-0.25, -0.2) is 0 Å². The molecule has 3 aromatic rings. The molecule has 0 aliphatic carbocycles. The van der Waals surface area contributed by atoms with E-state index in [0.717, 1.165) is 34.7 Å². The van der Waals surface area contributed by atoms with Crippen molar-refractivity contribution in [1.29, 1.82) is 0 Å². The number of carbonyl (C=O) groups excluding carboxylic acids is 1. The fourth-order valence-electron chi connectivity index (χ4n) is 2.80. The fourth-order valence-corrected chi connectivity index (χ4v) is 3.89. The number of ether oxygens (including phenoxy) is 1. The van der Waals surface area contributed by atoms with Gasteiger partial charge in [-0.3, -0.25) is 4.79 Å². The number of nitrogen functional groups attached to an aromatic ring is 1. The lowest BCUT2D eigenvalue weighted by Crippen LogP contribution is -2.19. The molecule has 1 amide bonds. The number of benzene rings is 3. The van der Waals surface area contributed by atoms with Crippen LogP contribution in [0.4, 0.5) is 11.4 Å². The van der Waals surface area contributed by atoms with Gasteiger partial charge in [0.25, 0.3) is 0 Å². The summed E-state index contributed by atoms with van der Waals surface area (Å²) in [6.45, 7) is 2.84. The van der Waals surface area contributed by atoms with E-state index in [1.807, 2.05) is 78.9 Å². The van der Waals surface area contributed by atoms with Crippen LogP contribution in [-0.4, -0.2) is 12.5 Å². The van der Waals surface area contributed by atoms with Gasteiger partial charge in [-0.15, -0.1) is 11.8 Å². The Bertz CT molecular complexity index is 914. The van der Waals surface area contributed by atoms with Crippen molar-refractivity contribution in [2.75, 3.05) is 17.7 Å². The molecule has 0 aliphatic rings. The molecular weight excluding hydrogens is 380 g/mol. The first kappa shape index (κ1) is 20.8. The molecule has 5 heteroatoms. The smallest absolute Gasteiger partial charge is 0.242 e. The Hall–Kier alpha value is -2.92. The van der Waals surface area contributed by atoms with Crippen LogP contribution in [0.2, 0.25) is 0 Å². The summed E-state index contributed by atoms with van der Waals surface area (Å²) in [4.78, 5) is 14.1. The van der Waals surface area contributed by atoms with E-state index in [2.05, 4.69) is 12.2 Å². The number of rotatable bonds is 9. The summed E-state index contributed by atoms with van der Waals surface area (Å²) in [5.74, 6) is 0.730. The minimum absolute atomic E-state index is 0.0803. The van der Waals surface area contributed by atoms with Gasteiger partial charge in [0.05, 0.1) is 6.61 Å². The highest BCUT2D eigenvalue weighted by atomic mass is 32.2. The number of hydrogen-bond donors (Lipinski definition) is 2. The van der Waals surface area contributed by atoms with Gasteiger partial charge in [0.1, 0.15) is 11.0 Å². The molecule has 0 bridgehead atoms. The van der Waals surface area contributed by atoms with E-state index in [0.29, 0.717) is 12.3 Å². The van der Waals surface area contributed by atoms with Crippen molar-refractivity contribution < 1.29 is 9.53 Å². The second kappa shape index (κ2) is 10.6. The van der Waals surface area contributed by atoms with E-state index in [4.69, 9.17) is 10.5 Å². The third kappa shape index (κ3) is 6.29. The van der Waals surface area contributed by atoms with Gasteiger partial charge in [0.2, 0.25) is 5.91 Å².